The summed E-state index contributed by atoms with van der Waals surface area (Å²) in [4.78, 5) is 0.937. The van der Waals surface area contributed by atoms with Crippen molar-refractivity contribution in [2.75, 3.05) is 19.4 Å². The van der Waals surface area contributed by atoms with Crippen LogP contribution in [0.1, 0.15) is 0 Å². The predicted molar refractivity (Wildman–Crippen MR) is 64.7 cm³/mol. The Bertz CT molecular complexity index is 254. The minimum Gasteiger partial charge on any atom is -0.482 e. The van der Waals surface area contributed by atoms with Crippen LogP contribution in [0.15, 0.2) is 14.0 Å². The smallest absolute Gasteiger partial charge is 0.199 e. The molecule has 0 aliphatic carbocycles. The van der Waals surface area contributed by atoms with Gasteiger partial charge in [-0.25, -0.2) is 3.21 Å². The second kappa shape index (κ2) is 5.06. The molecule has 0 amide bonds. The summed E-state index contributed by atoms with van der Waals surface area (Å²) in [6.45, 7) is 0.606. The summed E-state index contributed by atoms with van der Waals surface area (Å²) in [5.41, 5.74) is 12.2. The van der Waals surface area contributed by atoms with Crippen molar-refractivity contribution in [3.63, 3.8) is 0 Å². The van der Waals surface area contributed by atoms with Crippen LogP contribution < -0.4 is 11.5 Å². The highest BCUT2D eigenvalue weighted by molar-refractivity contribution is 14.1. The highest BCUT2D eigenvalue weighted by Gasteiger charge is 2.29. The van der Waals surface area contributed by atoms with E-state index < -0.39 is 0 Å². The first-order valence-electron chi connectivity index (χ1n) is 3.80. The van der Waals surface area contributed by atoms with Crippen LogP contribution in [0.4, 0.5) is 0 Å². The number of halogens is 1. The number of hydrogen-bond donors (Lipinski definition) is 2. The van der Waals surface area contributed by atoms with Crippen LogP contribution in [-0.2, 0) is 4.74 Å². The monoisotopic (exact) mass is 313 g/mol. The molecule has 1 fully saturated rings. The minimum absolute atomic E-state index is 0.311. The van der Waals surface area contributed by atoms with Crippen LogP contribution in [0.5, 0.6) is 0 Å². The fourth-order valence-corrected chi connectivity index (χ4v) is 3.15. The third-order valence-corrected chi connectivity index (χ3v) is 3.66. The van der Waals surface area contributed by atoms with Gasteiger partial charge in [-0.15, -0.1) is 11.8 Å². The summed E-state index contributed by atoms with van der Waals surface area (Å²) < 4.78 is 9.13. The first kappa shape index (κ1) is 11.1. The lowest BCUT2D eigenvalue weighted by Gasteiger charge is -2.06. The van der Waals surface area contributed by atoms with Gasteiger partial charge < -0.3 is 16.2 Å². The maximum absolute atomic E-state index is 5.67. The number of allylic oxidation sites excluding steroid dienone is 1. The van der Waals surface area contributed by atoms with Gasteiger partial charge in [0.05, 0.1) is 40.6 Å². The van der Waals surface area contributed by atoms with E-state index in [1.807, 2.05) is 22.9 Å². The maximum atomic E-state index is 5.67. The first-order chi connectivity index (χ1) is 6.24. The molecule has 0 radical (unpaired) electrons. The molecular weight excluding hydrogens is 301 g/mol. The van der Waals surface area contributed by atoms with Gasteiger partial charge in [0.1, 0.15) is 0 Å². The molecule has 4 N–H and O–H groups in total. The summed E-state index contributed by atoms with van der Waals surface area (Å²) in [7, 11) is 1.56. The van der Waals surface area contributed by atoms with E-state index >= 15 is 0 Å². The minimum atomic E-state index is 0.311. The van der Waals surface area contributed by atoms with Gasteiger partial charge in [-0.05, 0) is 0 Å². The second-order valence-electron chi connectivity index (χ2n) is 2.61. The lowest BCUT2D eigenvalue weighted by Crippen LogP contribution is -2.21. The van der Waals surface area contributed by atoms with Crippen molar-refractivity contribution in [3.05, 3.63) is 10.8 Å². The second-order valence-corrected chi connectivity index (χ2v) is 4.12. The Kier molecular flexibility index (Phi) is 4.33. The molecule has 0 bridgehead atoms. The molecule has 1 unspecified atom stereocenters. The molecule has 1 aliphatic heterocycles. The lowest BCUT2D eigenvalue weighted by atomic mass is 10.1. The Morgan fingerprint density at radius 1 is 1.85 bits per heavy atom. The molecule has 0 aromatic carbocycles. The zero-order valence-corrected chi connectivity index (χ0v) is 10.3. The number of nitrogens with two attached hydrogens (primary N) is 2. The van der Waals surface area contributed by atoms with Gasteiger partial charge in [0.2, 0.25) is 0 Å². The van der Waals surface area contributed by atoms with E-state index in [0.717, 1.165) is 16.4 Å². The quantitative estimate of drug-likeness (QED) is 0.586. The van der Waals surface area contributed by atoms with E-state index in [4.69, 9.17) is 16.2 Å². The normalized spacial score (nSPS) is 29.5. The Balaban J connectivity index is 2.93. The first-order valence-corrected chi connectivity index (χ1v) is 5.75. The average molecular weight is 313 g/mol. The van der Waals surface area contributed by atoms with Crippen LogP contribution in [0.3, 0.4) is 0 Å². The van der Waals surface area contributed by atoms with E-state index in [2.05, 4.69) is 3.21 Å². The molecule has 6 heteroatoms. The fourth-order valence-electron chi connectivity index (χ4n) is 1.10. The SMILES string of the molecule is COC(N)=C1SCC(CN)C1=NI. The van der Waals surface area contributed by atoms with Gasteiger partial charge >= 0.3 is 0 Å². The predicted octanol–water partition coefficient (Wildman–Crippen LogP) is 0.873. The average Bonchev–Trinajstić information content (AvgIpc) is 2.58. The highest BCUT2D eigenvalue weighted by Crippen LogP contribution is 2.34. The molecule has 1 aliphatic rings. The summed E-state index contributed by atoms with van der Waals surface area (Å²) in [5, 5.41) is 0. The Morgan fingerprint density at radius 3 is 3.00 bits per heavy atom. The Labute approximate surface area is 95.7 Å². The summed E-state index contributed by atoms with van der Waals surface area (Å²) >= 11 is 3.62. The van der Waals surface area contributed by atoms with Crippen LogP contribution in [0.25, 0.3) is 0 Å². The zero-order valence-electron chi connectivity index (χ0n) is 7.29. The highest BCUT2D eigenvalue weighted by atomic mass is 127. The van der Waals surface area contributed by atoms with Gasteiger partial charge in [0.25, 0.3) is 0 Å². The largest absolute Gasteiger partial charge is 0.482 e. The molecule has 0 saturated carbocycles. The van der Waals surface area contributed by atoms with Crippen molar-refractivity contribution in [1.82, 2.24) is 0 Å². The van der Waals surface area contributed by atoms with Gasteiger partial charge in [0, 0.05) is 18.2 Å². The van der Waals surface area contributed by atoms with Gasteiger partial charge in [0.15, 0.2) is 5.88 Å². The van der Waals surface area contributed by atoms with E-state index in [0.29, 0.717) is 18.3 Å². The molecule has 4 nitrogen and oxygen atoms in total. The van der Waals surface area contributed by atoms with Crippen LogP contribution in [-0.4, -0.2) is 25.1 Å². The fraction of sp³-hybridized carbons (Fsp3) is 0.571. The Morgan fingerprint density at radius 2 is 2.54 bits per heavy atom. The number of ether oxygens (including phenoxy) is 1. The number of rotatable bonds is 2. The third-order valence-electron chi connectivity index (χ3n) is 1.87. The molecule has 0 aromatic heterocycles. The number of hydrogen-bond acceptors (Lipinski definition) is 5. The van der Waals surface area contributed by atoms with E-state index in [-0.39, 0.29) is 0 Å². The maximum Gasteiger partial charge on any atom is 0.199 e. The molecule has 13 heavy (non-hydrogen) atoms. The molecule has 74 valence electrons. The summed E-state index contributed by atoms with van der Waals surface area (Å²) in [6.07, 6.45) is 0. The number of nitrogens with zero attached hydrogens (tertiary/aromatic N) is 1. The number of thioether (sulfide) groups is 1. The molecule has 1 heterocycles. The molecule has 0 spiro atoms. The van der Waals surface area contributed by atoms with E-state index in [9.17, 15) is 0 Å². The molecule has 0 aromatic rings. The standard InChI is InChI=1S/C7H12IN3OS/c1-12-7(10)6-5(11-8)4(2-9)3-13-6/h4H,2-3,9-10H2,1H3. The third kappa shape index (κ3) is 2.29. The zero-order chi connectivity index (χ0) is 9.84. The van der Waals surface area contributed by atoms with E-state index in [1.54, 1.807) is 18.9 Å². The summed E-state index contributed by atoms with van der Waals surface area (Å²) in [6, 6.07) is 0. The number of methoxy groups -OCH3 is 1. The van der Waals surface area contributed by atoms with Gasteiger partial charge in [-0.1, -0.05) is 0 Å². The van der Waals surface area contributed by atoms with Crippen LogP contribution in [0, 0.1) is 5.92 Å². The van der Waals surface area contributed by atoms with Gasteiger partial charge in [-0.2, -0.15) is 0 Å². The van der Waals surface area contributed by atoms with Crippen molar-refractivity contribution in [3.8, 4) is 0 Å². The van der Waals surface area contributed by atoms with Crippen molar-refractivity contribution in [2.24, 2.45) is 20.6 Å². The molecular formula is C7H12IN3OS. The van der Waals surface area contributed by atoms with E-state index in [1.165, 1.54) is 0 Å². The van der Waals surface area contributed by atoms with Crippen molar-refractivity contribution in [2.45, 2.75) is 0 Å². The summed E-state index contributed by atoms with van der Waals surface area (Å²) in [5.74, 6) is 1.69. The Hall–Kier alpha value is 0.0500. The van der Waals surface area contributed by atoms with Crippen LogP contribution in [0.2, 0.25) is 0 Å². The molecule has 1 rings (SSSR count). The van der Waals surface area contributed by atoms with Crippen LogP contribution >= 0.6 is 34.6 Å². The van der Waals surface area contributed by atoms with Crippen molar-refractivity contribution >= 4 is 40.3 Å². The van der Waals surface area contributed by atoms with Crippen molar-refractivity contribution in [1.29, 1.82) is 0 Å². The van der Waals surface area contributed by atoms with Crippen molar-refractivity contribution < 1.29 is 4.74 Å². The lowest BCUT2D eigenvalue weighted by molar-refractivity contribution is 0.287. The molecule has 1 atom stereocenters. The molecule has 1 saturated heterocycles. The topological polar surface area (TPSA) is 73.6 Å². The van der Waals surface area contributed by atoms with Gasteiger partial charge in [-0.3, -0.25) is 0 Å².